The minimum Gasteiger partial charge on any atom is -0.466 e. The van der Waals surface area contributed by atoms with Crippen molar-refractivity contribution < 1.29 is 18.7 Å². The lowest BCUT2D eigenvalue weighted by molar-refractivity contribution is -0.151. The molecule has 1 amide bonds. The van der Waals surface area contributed by atoms with Crippen LogP contribution in [0.3, 0.4) is 0 Å². The number of allylic oxidation sites excluding steroid dienone is 1. The van der Waals surface area contributed by atoms with Crippen LogP contribution >= 0.6 is 0 Å². The Bertz CT molecular complexity index is 1270. The fourth-order valence-electron chi connectivity index (χ4n) is 6.99. The second-order valence-corrected chi connectivity index (χ2v) is 11.6. The van der Waals surface area contributed by atoms with E-state index in [0.29, 0.717) is 18.6 Å². The number of hydrogen-bond donors (Lipinski definition) is 3. The summed E-state index contributed by atoms with van der Waals surface area (Å²) in [7, 11) is 0. The number of anilines is 1. The molecule has 3 aliphatic carbocycles. The quantitative estimate of drug-likeness (QED) is 0.253. The molecule has 5 atom stereocenters. The summed E-state index contributed by atoms with van der Waals surface area (Å²) in [5, 5.41) is 15.7. The first-order valence-corrected chi connectivity index (χ1v) is 14.7. The molecule has 212 valence electrons. The maximum atomic E-state index is 13.7. The van der Waals surface area contributed by atoms with Gasteiger partial charge in [-0.05, 0) is 100 Å². The van der Waals surface area contributed by atoms with Crippen LogP contribution in [0, 0.1) is 41.8 Å². The van der Waals surface area contributed by atoms with Gasteiger partial charge in [-0.2, -0.15) is 0 Å². The number of nitrogens with one attached hydrogen (secondary N) is 3. The van der Waals surface area contributed by atoms with Crippen LogP contribution in [0.25, 0.3) is 0 Å². The lowest BCUT2D eigenvalue weighted by Crippen LogP contribution is -2.49. The highest BCUT2D eigenvalue weighted by Crippen LogP contribution is 2.49. The zero-order valence-corrected chi connectivity index (χ0v) is 23.5. The van der Waals surface area contributed by atoms with Crippen LogP contribution in [0.5, 0.6) is 0 Å². The predicted octanol–water partition coefficient (Wildman–Crippen LogP) is 6.35. The molecule has 2 bridgehead atoms. The van der Waals surface area contributed by atoms with E-state index in [9.17, 15) is 14.0 Å². The van der Waals surface area contributed by atoms with Gasteiger partial charge in [-0.1, -0.05) is 36.2 Å². The molecule has 0 heterocycles. The summed E-state index contributed by atoms with van der Waals surface area (Å²) in [6, 6.07) is 14.4. The fraction of sp³-hybridized carbons (Fsp3) is 0.485. The number of carbonyl (C=O) groups excluding carboxylic acids is 2. The lowest BCUT2D eigenvalue weighted by atomic mass is 9.84. The number of fused-ring (bicyclic) bond motifs is 2. The van der Waals surface area contributed by atoms with Crippen LogP contribution in [0.15, 0.2) is 59.8 Å². The van der Waals surface area contributed by atoms with E-state index in [1.54, 1.807) is 19.1 Å². The minimum absolute atomic E-state index is 0.0502. The van der Waals surface area contributed by atoms with Crippen LogP contribution in [0.1, 0.15) is 63.0 Å². The van der Waals surface area contributed by atoms with Gasteiger partial charge >= 0.3 is 5.97 Å². The number of rotatable bonds is 9. The third kappa shape index (κ3) is 6.13. The molecule has 0 aliphatic heterocycles. The second-order valence-electron chi connectivity index (χ2n) is 11.6. The summed E-state index contributed by atoms with van der Waals surface area (Å²) >= 11 is 0. The highest BCUT2D eigenvalue weighted by molar-refractivity contribution is 6.44. The van der Waals surface area contributed by atoms with Crippen molar-refractivity contribution in [1.82, 2.24) is 5.32 Å². The lowest BCUT2D eigenvalue weighted by Gasteiger charge is -2.30. The molecule has 2 aromatic rings. The van der Waals surface area contributed by atoms with Gasteiger partial charge in [0.15, 0.2) is 0 Å². The topological polar surface area (TPSA) is 91.3 Å². The van der Waals surface area contributed by atoms with Crippen LogP contribution in [-0.4, -0.2) is 30.2 Å². The average Bonchev–Trinajstić information content (AvgIpc) is 3.50. The number of amides is 1. The van der Waals surface area contributed by atoms with E-state index in [1.807, 2.05) is 0 Å². The summed E-state index contributed by atoms with van der Waals surface area (Å²) in [5.41, 5.74) is 4.64. The fourth-order valence-corrected chi connectivity index (χ4v) is 6.99. The van der Waals surface area contributed by atoms with Crippen LogP contribution < -0.4 is 10.6 Å². The van der Waals surface area contributed by atoms with Crippen molar-refractivity contribution in [2.45, 2.75) is 71.3 Å². The largest absolute Gasteiger partial charge is 0.466 e. The first-order chi connectivity index (χ1) is 19.3. The normalized spacial score (nSPS) is 25.8. The van der Waals surface area contributed by atoms with Gasteiger partial charge in [0.1, 0.15) is 11.5 Å². The van der Waals surface area contributed by atoms with Gasteiger partial charge in [-0.3, -0.25) is 15.0 Å². The maximum absolute atomic E-state index is 13.7. The summed E-state index contributed by atoms with van der Waals surface area (Å²) in [5.74, 6) is -0.780. The summed E-state index contributed by atoms with van der Waals surface area (Å²) in [6.07, 6.45) is 7.06. The van der Waals surface area contributed by atoms with Crippen molar-refractivity contribution in [3.8, 4) is 0 Å². The van der Waals surface area contributed by atoms with E-state index >= 15 is 0 Å². The molecule has 6 nitrogen and oxygen atoms in total. The van der Waals surface area contributed by atoms with Crippen molar-refractivity contribution >= 4 is 23.3 Å². The highest BCUT2D eigenvalue weighted by Gasteiger charge is 2.52. The summed E-state index contributed by atoms with van der Waals surface area (Å²) in [6.45, 7) is 4.18. The number of benzene rings is 2. The third-order valence-electron chi connectivity index (χ3n) is 8.99. The molecule has 7 heteroatoms. The number of ether oxygens (including phenoxy) is 1. The molecule has 0 spiro atoms. The Hall–Kier alpha value is -3.48. The number of hydrogen-bond acceptors (Lipinski definition) is 5. The third-order valence-corrected chi connectivity index (χ3v) is 8.99. The highest BCUT2D eigenvalue weighted by atomic mass is 19.1. The Kier molecular flexibility index (Phi) is 8.67. The van der Waals surface area contributed by atoms with Crippen molar-refractivity contribution in [2.75, 3.05) is 11.9 Å². The SMILES string of the molecule is CCOC(=O)[C@H]1C2CCC(C2)[C@H]1NC(=O)C(=N)C1=C(Nc2ccc(F)cc2)C(Cc2ccc(C)cc2)CCCC1. The molecule has 5 rings (SSSR count). The Morgan fingerprint density at radius 2 is 1.73 bits per heavy atom. The van der Waals surface area contributed by atoms with E-state index in [1.165, 1.54) is 23.3 Å². The van der Waals surface area contributed by atoms with Gasteiger partial charge in [-0.15, -0.1) is 0 Å². The second kappa shape index (κ2) is 12.4. The van der Waals surface area contributed by atoms with Crippen LogP contribution in [-0.2, 0) is 20.7 Å². The average molecular weight is 546 g/mol. The number of aryl methyl sites for hydroxylation is 1. The summed E-state index contributed by atoms with van der Waals surface area (Å²) < 4.78 is 19.0. The first-order valence-electron chi connectivity index (χ1n) is 14.7. The molecule has 2 aromatic carbocycles. The van der Waals surface area contributed by atoms with Gasteiger partial charge in [0.05, 0.1) is 12.5 Å². The van der Waals surface area contributed by atoms with Crippen molar-refractivity contribution in [1.29, 1.82) is 5.41 Å². The zero-order chi connectivity index (χ0) is 28.2. The minimum atomic E-state index is -0.434. The molecule has 3 unspecified atom stereocenters. The monoisotopic (exact) mass is 545 g/mol. The van der Waals surface area contributed by atoms with Crippen molar-refractivity contribution in [2.24, 2.45) is 23.7 Å². The molecule has 2 saturated carbocycles. The van der Waals surface area contributed by atoms with Gasteiger partial charge < -0.3 is 15.4 Å². The standard InChI is InChI=1S/C33H40FN3O3/c1-3-40-33(39)28-22-12-13-24(19-22)31(28)37-32(38)29(35)27-7-5-4-6-23(18-21-10-8-20(2)9-11-21)30(27)36-26-16-14-25(34)15-17-26/h8-11,14-17,22-24,28,31,35-36H,3-7,12-13,18-19H2,1-2H3,(H,37,38)/t22?,23?,24?,28-,31+/m0/s1. The Balaban J connectivity index is 1.43. The molecule has 3 aliphatic rings. The Morgan fingerprint density at radius 1 is 1.00 bits per heavy atom. The molecule has 3 N–H and O–H groups in total. The van der Waals surface area contributed by atoms with E-state index in [2.05, 4.69) is 41.8 Å². The molecule has 0 saturated heterocycles. The molecular formula is C33H40FN3O3. The van der Waals surface area contributed by atoms with Crippen LogP contribution in [0.4, 0.5) is 10.1 Å². The Labute approximate surface area is 236 Å². The van der Waals surface area contributed by atoms with E-state index < -0.39 is 5.91 Å². The van der Waals surface area contributed by atoms with Gasteiger partial charge in [-0.25, -0.2) is 4.39 Å². The maximum Gasteiger partial charge on any atom is 0.311 e. The van der Waals surface area contributed by atoms with Crippen molar-refractivity contribution in [3.05, 3.63) is 76.7 Å². The molecule has 40 heavy (non-hydrogen) atoms. The molecule has 0 aromatic heterocycles. The number of esters is 1. The van der Waals surface area contributed by atoms with Crippen molar-refractivity contribution in [3.63, 3.8) is 0 Å². The van der Waals surface area contributed by atoms with Gasteiger partial charge in [0.2, 0.25) is 0 Å². The number of carbonyl (C=O) groups is 2. The van der Waals surface area contributed by atoms with Crippen LogP contribution in [0.2, 0.25) is 0 Å². The van der Waals surface area contributed by atoms with E-state index in [-0.39, 0.29) is 47.2 Å². The zero-order valence-electron chi connectivity index (χ0n) is 23.5. The van der Waals surface area contributed by atoms with E-state index in [4.69, 9.17) is 10.1 Å². The summed E-state index contributed by atoms with van der Waals surface area (Å²) in [4.78, 5) is 26.4. The predicted molar refractivity (Wildman–Crippen MR) is 155 cm³/mol. The first kappa shape index (κ1) is 28.1. The smallest absolute Gasteiger partial charge is 0.311 e. The molecular weight excluding hydrogens is 505 g/mol. The number of halogens is 1. The molecule has 0 radical (unpaired) electrons. The Morgan fingerprint density at radius 3 is 2.45 bits per heavy atom. The molecule has 2 fully saturated rings. The van der Waals surface area contributed by atoms with Gasteiger partial charge in [0.25, 0.3) is 5.91 Å². The van der Waals surface area contributed by atoms with Gasteiger partial charge in [0, 0.05) is 28.9 Å². The van der Waals surface area contributed by atoms with E-state index in [0.717, 1.165) is 56.3 Å².